The first kappa shape index (κ1) is 27.9. The van der Waals surface area contributed by atoms with Gasteiger partial charge >= 0.3 is 0 Å². The summed E-state index contributed by atoms with van der Waals surface area (Å²) in [6, 6.07) is 23.9. The van der Waals surface area contributed by atoms with E-state index in [1.807, 2.05) is 50.2 Å². The molecule has 2 amide bonds. The van der Waals surface area contributed by atoms with Gasteiger partial charge in [-0.05, 0) is 63.4 Å². The van der Waals surface area contributed by atoms with E-state index < -0.39 is 28.5 Å². The second kappa shape index (κ2) is 12.5. The first-order valence-electron chi connectivity index (χ1n) is 12.4. The number of nitrogens with one attached hydrogen (secondary N) is 1. The molecular weight excluding hydrogens is 486 g/mol. The predicted molar refractivity (Wildman–Crippen MR) is 147 cm³/mol. The normalized spacial score (nSPS) is 12.1. The third-order valence-corrected chi connectivity index (χ3v) is 7.85. The Bertz CT molecular complexity index is 1290. The van der Waals surface area contributed by atoms with E-state index in [1.54, 1.807) is 50.2 Å². The fourth-order valence-electron chi connectivity index (χ4n) is 4.05. The van der Waals surface area contributed by atoms with Gasteiger partial charge in [-0.1, -0.05) is 66.7 Å². The number of hydrogen-bond acceptors (Lipinski definition) is 4. The number of amides is 2. The summed E-state index contributed by atoms with van der Waals surface area (Å²) in [5.74, 6) is -0.741. The summed E-state index contributed by atoms with van der Waals surface area (Å²) in [5.41, 5.74) is 2.16. The number of para-hydroxylation sites is 1. The summed E-state index contributed by atoms with van der Waals surface area (Å²) in [5, 5.41) is 2.86. The van der Waals surface area contributed by atoms with Gasteiger partial charge in [0.05, 0.1) is 10.6 Å². The molecule has 7 nitrogen and oxygen atoms in total. The molecule has 0 fully saturated rings. The number of carbonyl (C=O) groups excluding carboxylic acids is 2. The number of rotatable bonds is 11. The number of aryl methyl sites for hydroxylation is 1. The van der Waals surface area contributed by atoms with Crippen molar-refractivity contribution < 1.29 is 18.0 Å². The van der Waals surface area contributed by atoms with Gasteiger partial charge in [0.15, 0.2) is 0 Å². The molecule has 196 valence electrons. The van der Waals surface area contributed by atoms with Crippen LogP contribution in [0.3, 0.4) is 0 Å². The summed E-state index contributed by atoms with van der Waals surface area (Å²) >= 11 is 0. The lowest BCUT2D eigenvalue weighted by Gasteiger charge is -2.32. The summed E-state index contributed by atoms with van der Waals surface area (Å²) in [6.07, 6.45) is 0.529. The molecule has 3 aromatic carbocycles. The molecule has 0 aliphatic rings. The summed E-state index contributed by atoms with van der Waals surface area (Å²) in [6.45, 7) is 7.02. The molecule has 0 saturated carbocycles. The van der Waals surface area contributed by atoms with Crippen molar-refractivity contribution in [3.63, 3.8) is 0 Å². The Morgan fingerprint density at radius 1 is 0.838 bits per heavy atom. The van der Waals surface area contributed by atoms with Gasteiger partial charge in [0, 0.05) is 12.6 Å². The van der Waals surface area contributed by atoms with E-state index in [0.717, 1.165) is 15.4 Å². The van der Waals surface area contributed by atoms with Crippen LogP contribution in [0.1, 0.15) is 31.9 Å². The number of hydrogen-bond donors (Lipinski definition) is 1. The van der Waals surface area contributed by atoms with E-state index in [9.17, 15) is 18.0 Å². The van der Waals surface area contributed by atoms with Crippen molar-refractivity contribution in [3.05, 3.63) is 96.1 Å². The third-order valence-electron chi connectivity index (χ3n) is 6.08. The van der Waals surface area contributed by atoms with Gasteiger partial charge in [0.2, 0.25) is 11.8 Å². The van der Waals surface area contributed by atoms with Crippen molar-refractivity contribution in [3.8, 4) is 0 Å². The second-order valence-corrected chi connectivity index (χ2v) is 11.1. The molecule has 1 N–H and O–H groups in total. The van der Waals surface area contributed by atoms with Crippen LogP contribution in [0.4, 0.5) is 5.69 Å². The van der Waals surface area contributed by atoms with Crippen molar-refractivity contribution >= 4 is 27.5 Å². The molecule has 0 radical (unpaired) electrons. The van der Waals surface area contributed by atoms with Crippen molar-refractivity contribution in [1.82, 2.24) is 10.2 Å². The van der Waals surface area contributed by atoms with E-state index in [0.29, 0.717) is 12.1 Å². The highest BCUT2D eigenvalue weighted by Gasteiger charge is 2.32. The molecule has 0 heterocycles. The molecule has 1 unspecified atom stereocenters. The third kappa shape index (κ3) is 7.20. The lowest BCUT2D eigenvalue weighted by Crippen LogP contribution is -2.53. The van der Waals surface area contributed by atoms with E-state index in [2.05, 4.69) is 5.32 Å². The minimum absolute atomic E-state index is 0.0903. The van der Waals surface area contributed by atoms with E-state index in [1.165, 1.54) is 17.0 Å². The maximum absolute atomic E-state index is 13.8. The van der Waals surface area contributed by atoms with Crippen LogP contribution in [0.15, 0.2) is 89.8 Å². The summed E-state index contributed by atoms with van der Waals surface area (Å²) < 4.78 is 28.6. The topological polar surface area (TPSA) is 86.8 Å². The molecule has 0 saturated heterocycles. The van der Waals surface area contributed by atoms with Gasteiger partial charge in [-0.3, -0.25) is 13.9 Å². The Morgan fingerprint density at radius 2 is 1.41 bits per heavy atom. The van der Waals surface area contributed by atoms with Crippen molar-refractivity contribution in [1.29, 1.82) is 0 Å². The van der Waals surface area contributed by atoms with Crippen LogP contribution in [0, 0.1) is 6.92 Å². The Balaban J connectivity index is 1.97. The van der Waals surface area contributed by atoms with Crippen molar-refractivity contribution in [2.45, 2.75) is 51.1 Å². The number of sulfonamides is 1. The SMILES string of the molecule is Cc1ccccc1N(CC(=O)N(CCc1ccccc1)C(C)C(=O)NC(C)C)S(=O)(=O)c1ccccc1. The molecule has 1 atom stereocenters. The van der Waals surface area contributed by atoms with Gasteiger partial charge in [-0.25, -0.2) is 8.42 Å². The highest BCUT2D eigenvalue weighted by atomic mass is 32.2. The first-order chi connectivity index (χ1) is 17.6. The largest absolute Gasteiger partial charge is 0.352 e. The number of anilines is 1. The van der Waals surface area contributed by atoms with E-state index in [-0.39, 0.29) is 23.4 Å². The van der Waals surface area contributed by atoms with Crippen LogP contribution >= 0.6 is 0 Å². The van der Waals surface area contributed by atoms with Gasteiger partial charge in [-0.15, -0.1) is 0 Å². The van der Waals surface area contributed by atoms with Gasteiger partial charge < -0.3 is 10.2 Å². The monoisotopic (exact) mass is 521 g/mol. The fourth-order valence-corrected chi connectivity index (χ4v) is 5.55. The number of nitrogens with zero attached hydrogens (tertiary/aromatic N) is 2. The Labute approximate surface area is 220 Å². The Hall–Kier alpha value is -3.65. The average Bonchev–Trinajstić information content (AvgIpc) is 2.88. The average molecular weight is 522 g/mol. The number of benzene rings is 3. The first-order valence-corrected chi connectivity index (χ1v) is 13.8. The molecule has 3 aromatic rings. The standard InChI is InChI=1S/C29H35N3O4S/c1-22(2)30-29(34)24(4)31(20-19-25-14-7-5-8-15-25)28(33)21-32(27-18-12-11-13-23(27)3)37(35,36)26-16-9-6-10-17-26/h5-18,22,24H,19-21H2,1-4H3,(H,30,34). The minimum atomic E-state index is -4.05. The van der Waals surface area contributed by atoms with E-state index in [4.69, 9.17) is 0 Å². The van der Waals surface area contributed by atoms with E-state index >= 15 is 0 Å². The molecule has 0 aliphatic carbocycles. The zero-order valence-corrected chi connectivity index (χ0v) is 22.6. The summed E-state index contributed by atoms with van der Waals surface area (Å²) in [7, 11) is -4.05. The van der Waals surface area contributed by atoms with Crippen LogP contribution in [0.25, 0.3) is 0 Å². The zero-order valence-electron chi connectivity index (χ0n) is 21.8. The maximum Gasteiger partial charge on any atom is 0.264 e. The summed E-state index contributed by atoms with van der Waals surface area (Å²) in [4.78, 5) is 28.3. The Kier molecular flexibility index (Phi) is 9.47. The fraction of sp³-hybridized carbons (Fsp3) is 0.310. The van der Waals surface area contributed by atoms with Crippen LogP contribution < -0.4 is 9.62 Å². The maximum atomic E-state index is 13.8. The highest BCUT2D eigenvalue weighted by molar-refractivity contribution is 7.92. The lowest BCUT2D eigenvalue weighted by molar-refractivity contribution is -0.139. The quantitative estimate of drug-likeness (QED) is 0.410. The molecular formula is C29H35N3O4S. The Morgan fingerprint density at radius 3 is 2.00 bits per heavy atom. The molecule has 8 heteroatoms. The molecule has 37 heavy (non-hydrogen) atoms. The molecule has 0 aromatic heterocycles. The molecule has 3 rings (SSSR count). The van der Waals surface area contributed by atoms with Crippen LogP contribution in [0.2, 0.25) is 0 Å². The predicted octanol–water partition coefficient (Wildman–Crippen LogP) is 4.17. The van der Waals surface area contributed by atoms with Gasteiger partial charge in [0.1, 0.15) is 12.6 Å². The van der Waals surface area contributed by atoms with Gasteiger partial charge in [-0.2, -0.15) is 0 Å². The lowest BCUT2D eigenvalue weighted by atomic mass is 10.1. The molecule has 0 aliphatic heterocycles. The highest BCUT2D eigenvalue weighted by Crippen LogP contribution is 2.27. The minimum Gasteiger partial charge on any atom is -0.352 e. The van der Waals surface area contributed by atoms with Crippen LogP contribution in [0.5, 0.6) is 0 Å². The van der Waals surface area contributed by atoms with Crippen LogP contribution in [-0.4, -0.2) is 50.3 Å². The van der Waals surface area contributed by atoms with Gasteiger partial charge in [0.25, 0.3) is 10.0 Å². The zero-order chi connectivity index (χ0) is 27.0. The second-order valence-electron chi connectivity index (χ2n) is 9.27. The smallest absolute Gasteiger partial charge is 0.264 e. The molecule has 0 bridgehead atoms. The molecule has 0 spiro atoms. The number of carbonyl (C=O) groups is 2. The van der Waals surface area contributed by atoms with Crippen molar-refractivity contribution in [2.75, 3.05) is 17.4 Å². The van der Waals surface area contributed by atoms with Crippen molar-refractivity contribution in [2.24, 2.45) is 0 Å². The van der Waals surface area contributed by atoms with Crippen LogP contribution in [-0.2, 0) is 26.0 Å².